The van der Waals surface area contributed by atoms with E-state index < -0.39 is 0 Å². The molecule has 2 aromatic heterocycles. The molecule has 0 spiro atoms. The third kappa shape index (κ3) is 4.04. The van der Waals surface area contributed by atoms with Gasteiger partial charge in [0.05, 0.1) is 10.5 Å². The van der Waals surface area contributed by atoms with Crippen molar-refractivity contribution in [2.45, 2.75) is 38.6 Å². The van der Waals surface area contributed by atoms with Crippen molar-refractivity contribution in [2.24, 2.45) is 0 Å². The quantitative estimate of drug-likeness (QED) is 0.515. The van der Waals surface area contributed by atoms with Gasteiger partial charge in [-0.05, 0) is 87.0 Å². The Balaban J connectivity index is 1.25. The highest BCUT2D eigenvalue weighted by Gasteiger charge is 2.31. The first-order valence-corrected chi connectivity index (χ1v) is 12.5. The maximum atomic E-state index is 14.1. The van der Waals surface area contributed by atoms with E-state index in [1.165, 1.54) is 5.56 Å². The number of hydrogen-bond acceptors (Lipinski definition) is 3. The highest BCUT2D eigenvalue weighted by molar-refractivity contribution is 7.12. The van der Waals surface area contributed by atoms with E-state index in [1.807, 2.05) is 15.9 Å². The van der Waals surface area contributed by atoms with Crippen LogP contribution in [0.3, 0.4) is 0 Å². The number of benzene rings is 1. The van der Waals surface area contributed by atoms with E-state index >= 15 is 0 Å². The summed E-state index contributed by atoms with van der Waals surface area (Å²) in [6.07, 6.45) is 4.35. The normalized spacial score (nSPS) is 18.6. The number of rotatable bonds is 6. The van der Waals surface area contributed by atoms with Crippen molar-refractivity contribution in [2.75, 3.05) is 39.3 Å². The highest BCUT2D eigenvalue weighted by atomic mass is 32.1. The fraction of sp³-hybridized carbons (Fsp3) is 0.480. The van der Waals surface area contributed by atoms with Gasteiger partial charge in [-0.25, -0.2) is 9.18 Å². The van der Waals surface area contributed by atoms with Gasteiger partial charge < -0.3 is 19.3 Å². The van der Waals surface area contributed by atoms with E-state index in [4.69, 9.17) is 0 Å². The lowest BCUT2D eigenvalue weighted by Crippen LogP contribution is -2.41. The van der Waals surface area contributed by atoms with Crippen LogP contribution in [-0.4, -0.2) is 70.6 Å². The molecule has 5 nitrogen and oxygen atoms in total. The minimum Gasteiger partial charge on any atom is -0.322 e. The number of piperidine rings is 1. The monoisotopic (exact) mass is 454 g/mol. The molecule has 3 aromatic rings. The lowest BCUT2D eigenvalue weighted by atomic mass is 9.89. The van der Waals surface area contributed by atoms with Crippen LogP contribution in [0.15, 0.2) is 41.9 Å². The molecule has 0 radical (unpaired) electrons. The number of carbonyl (C=O) groups is 1. The van der Waals surface area contributed by atoms with Crippen LogP contribution in [0.1, 0.15) is 38.2 Å². The molecule has 4 heterocycles. The molecule has 0 saturated carbocycles. The van der Waals surface area contributed by atoms with Crippen LogP contribution >= 0.6 is 11.3 Å². The number of carbonyl (C=O) groups excluding carboxylic acids is 1. The summed E-state index contributed by atoms with van der Waals surface area (Å²) in [6.45, 7) is 9.58. The Hall–Kier alpha value is -2.38. The summed E-state index contributed by atoms with van der Waals surface area (Å²) < 4.78 is 16.3. The van der Waals surface area contributed by atoms with Gasteiger partial charge in [-0.1, -0.05) is 0 Å². The second kappa shape index (κ2) is 8.87. The third-order valence-electron chi connectivity index (χ3n) is 7.00. The standard InChI is InChI=1S/C25H31FN4OS/c1-18(2)29-14-13-28(25(29)31)12-11-27-9-7-19(8-10-27)22-17-30(24-4-3-15-32-24)23-6-5-20(26)16-21(22)23/h3-6,15-19H,7-14H2,1-2H3. The fourth-order valence-electron chi connectivity index (χ4n) is 5.16. The third-order valence-corrected chi connectivity index (χ3v) is 7.87. The van der Waals surface area contributed by atoms with Gasteiger partial charge in [0.2, 0.25) is 0 Å². The fourth-order valence-corrected chi connectivity index (χ4v) is 5.88. The molecule has 2 fully saturated rings. The number of aromatic nitrogens is 1. The Morgan fingerprint density at radius 1 is 1.09 bits per heavy atom. The van der Waals surface area contributed by atoms with Crippen LogP contribution in [0, 0.1) is 5.82 Å². The number of fused-ring (bicyclic) bond motifs is 1. The average Bonchev–Trinajstić information content (AvgIpc) is 3.51. The molecular formula is C25H31FN4OS. The zero-order valence-corrected chi connectivity index (χ0v) is 19.7. The first-order valence-electron chi connectivity index (χ1n) is 11.6. The van der Waals surface area contributed by atoms with Crippen molar-refractivity contribution in [1.82, 2.24) is 19.3 Å². The minimum atomic E-state index is -0.175. The second-order valence-electron chi connectivity index (χ2n) is 9.24. The Labute approximate surface area is 193 Å². The zero-order chi connectivity index (χ0) is 22.2. The maximum absolute atomic E-state index is 14.1. The Morgan fingerprint density at radius 3 is 2.59 bits per heavy atom. The molecule has 0 atom stereocenters. The SMILES string of the molecule is CC(C)N1CCN(CCN2CCC(c3cn(-c4cccs4)c4ccc(F)cc34)CC2)C1=O. The van der Waals surface area contributed by atoms with Gasteiger partial charge in [0.15, 0.2) is 0 Å². The minimum absolute atomic E-state index is 0.175. The van der Waals surface area contributed by atoms with Crippen LogP contribution in [0.5, 0.6) is 0 Å². The van der Waals surface area contributed by atoms with E-state index in [-0.39, 0.29) is 17.9 Å². The van der Waals surface area contributed by atoms with Gasteiger partial charge in [0, 0.05) is 43.8 Å². The van der Waals surface area contributed by atoms with Crippen molar-refractivity contribution in [1.29, 1.82) is 0 Å². The van der Waals surface area contributed by atoms with Crippen molar-refractivity contribution < 1.29 is 9.18 Å². The number of urea groups is 1. The Morgan fingerprint density at radius 2 is 1.91 bits per heavy atom. The van der Waals surface area contributed by atoms with E-state index in [1.54, 1.807) is 23.5 Å². The van der Waals surface area contributed by atoms with Crippen molar-refractivity contribution in [3.05, 3.63) is 53.3 Å². The summed E-state index contributed by atoms with van der Waals surface area (Å²) in [4.78, 5) is 18.9. The van der Waals surface area contributed by atoms with Crippen LogP contribution in [0.2, 0.25) is 0 Å². The number of halogens is 1. The van der Waals surface area contributed by atoms with Gasteiger partial charge in [0.25, 0.3) is 0 Å². The molecule has 2 saturated heterocycles. The second-order valence-corrected chi connectivity index (χ2v) is 10.2. The van der Waals surface area contributed by atoms with Crippen LogP contribution in [0.4, 0.5) is 9.18 Å². The number of nitrogens with zero attached hydrogens (tertiary/aromatic N) is 4. The summed E-state index contributed by atoms with van der Waals surface area (Å²) >= 11 is 1.70. The van der Waals surface area contributed by atoms with Crippen LogP contribution < -0.4 is 0 Å². The number of likely N-dealkylation sites (tertiary alicyclic amines) is 1. The topological polar surface area (TPSA) is 31.7 Å². The largest absolute Gasteiger partial charge is 0.322 e. The first-order chi connectivity index (χ1) is 15.5. The molecule has 170 valence electrons. The Kier molecular flexibility index (Phi) is 5.95. The van der Waals surface area contributed by atoms with E-state index in [9.17, 15) is 9.18 Å². The first kappa shape index (κ1) is 21.5. The zero-order valence-electron chi connectivity index (χ0n) is 18.8. The molecule has 2 aliphatic rings. The molecule has 7 heteroatoms. The summed E-state index contributed by atoms with van der Waals surface area (Å²) in [5, 5.41) is 4.28. The number of hydrogen-bond donors (Lipinski definition) is 0. The van der Waals surface area contributed by atoms with Gasteiger partial charge in [-0.3, -0.25) is 0 Å². The molecule has 32 heavy (non-hydrogen) atoms. The van der Waals surface area contributed by atoms with Gasteiger partial charge >= 0.3 is 6.03 Å². The van der Waals surface area contributed by atoms with E-state index in [2.05, 4.69) is 47.0 Å². The summed E-state index contributed by atoms with van der Waals surface area (Å²) in [5.41, 5.74) is 2.34. The molecule has 0 bridgehead atoms. The average molecular weight is 455 g/mol. The number of amides is 2. The molecular weight excluding hydrogens is 423 g/mol. The summed E-state index contributed by atoms with van der Waals surface area (Å²) in [6, 6.07) is 9.76. The molecule has 2 aliphatic heterocycles. The predicted octanol–water partition coefficient (Wildman–Crippen LogP) is 5.16. The van der Waals surface area contributed by atoms with E-state index in [0.29, 0.717) is 5.92 Å². The van der Waals surface area contributed by atoms with Crippen molar-refractivity contribution in [3.63, 3.8) is 0 Å². The van der Waals surface area contributed by atoms with Gasteiger partial charge in [-0.15, -0.1) is 11.3 Å². The smallest absolute Gasteiger partial charge is 0.320 e. The summed E-state index contributed by atoms with van der Waals surface area (Å²) in [5.74, 6) is 0.257. The Bertz CT molecular complexity index is 1090. The van der Waals surface area contributed by atoms with Gasteiger partial charge in [0.1, 0.15) is 5.82 Å². The van der Waals surface area contributed by atoms with Crippen molar-refractivity contribution in [3.8, 4) is 5.00 Å². The molecule has 0 N–H and O–H groups in total. The lowest BCUT2D eigenvalue weighted by molar-refractivity contribution is 0.166. The maximum Gasteiger partial charge on any atom is 0.320 e. The molecule has 2 amide bonds. The summed E-state index contributed by atoms with van der Waals surface area (Å²) in [7, 11) is 0. The lowest BCUT2D eigenvalue weighted by Gasteiger charge is -2.33. The molecule has 1 aromatic carbocycles. The molecule has 0 unspecified atom stereocenters. The van der Waals surface area contributed by atoms with E-state index in [0.717, 1.165) is 68.0 Å². The number of thiophene rings is 1. The van der Waals surface area contributed by atoms with Crippen LogP contribution in [0.25, 0.3) is 15.9 Å². The highest BCUT2D eigenvalue weighted by Crippen LogP contribution is 2.36. The van der Waals surface area contributed by atoms with Crippen LogP contribution in [-0.2, 0) is 0 Å². The van der Waals surface area contributed by atoms with Gasteiger partial charge in [-0.2, -0.15) is 0 Å². The molecule has 0 aliphatic carbocycles. The van der Waals surface area contributed by atoms with Crippen molar-refractivity contribution >= 4 is 28.3 Å². The predicted molar refractivity (Wildman–Crippen MR) is 128 cm³/mol. The molecule has 5 rings (SSSR count).